The zero-order valence-electron chi connectivity index (χ0n) is 7.09. The van der Waals surface area contributed by atoms with Gasteiger partial charge in [-0.15, -0.1) is 0 Å². The summed E-state index contributed by atoms with van der Waals surface area (Å²) in [5.41, 5.74) is 0. The summed E-state index contributed by atoms with van der Waals surface area (Å²) in [6.45, 7) is 10.5. The molecule has 0 aromatic rings. The van der Waals surface area contributed by atoms with Gasteiger partial charge in [-0.1, -0.05) is 0 Å². The summed E-state index contributed by atoms with van der Waals surface area (Å²) >= 11 is 2.51. The Bertz CT molecular complexity index is 145. The van der Waals surface area contributed by atoms with Crippen molar-refractivity contribution in [1.82, 2.24) is 0 Å². The molecule has 0 saturated heterocycles. The van der Waals surface area contributed by atoms with Crippen molar-refractivity contribution >= 4 is 25.1 Å². The summed E-state index contributed by atoms with van der Waals surface area (Å²) in [7, 11) is 0. The molecule has 0 heterocycles. The van der Waals surface area contributed by atoms with Gasteiger partial charge in [0.05, 0.1) is 0 Å². The zero-order chi connectivity index (χ0) is 11.3. The Kier molecular flexibility index (Phi) is 24.3. The Balaban J connectivity index is -0.000000218. The fraction of sp³-hybridized carbons (Fsp3) is 0.500. The van der Waals surface area contributed by atoms with E-state index in [0.29, 0.717) is 17.9 Å². The summed E-state index contributed by atoms with van der Waals surface area (Å²) in [5.74, 6) is 0.205. The average molecular weight is 272 g/mol. The SMILES string of the molecule is CC(=O)CCC(=O)[CH2][Rh].[C]=O.[C]=O. The molecule has 0 bridgehead atoms. The maximum absolute atomic E-state index is 10.5. The van der Waals surface area contributed by atoms with Crippen molar-refractivity contribution in [2.24, 2.45) is 0 Å². The van der Waals surface area contributed by atoms with Gasteiger partial charge in [-0.2, -0.15) is 0 Å². The number of ketones is 2. The monoisotopic (exact) mass is 272 g/mol. The van der Waals surface area contributed by atoms with Crippen LogP contribution in [0.1, 0.15) is 19.8 Å². The van der Waals surface area contributed by atoms with Gasteiger partial charge in [0.2, 0.25) is 0 Å². The molecule has 74 valence electrons. The predicted molar refractivity (Wildman–Crippen MR) is 41.1 cm³/mol. The van der Waals surface area contributed by atoms with Crippen LogP contribution in [-0.4, -0.2) is 25.1 Å². The molecule has 13 heavy (non-hydrogen) atoms. The zero-order valence-corrected chi connectivity index (χ0v) is 8.73. The summed E-state index contributed by atoms with van der Waals surface area (Å²) in [6.07, 6.45) is 0.787. The van der Waals surface area contributed by atoms with Gasteiger partial charge in [-0.05, 0) is 0 Å². The van der Waals surface area contributed by atoms with E-state index in [2.05, 4.69) is 31.9 Å². The van der Waals surface area contributed by atoms with E-state index in [1.165, 1.54) is 6.92 Å². The molecule has 0 saturated carbocycles. The Morgan fingerprint density at radius 1 is 1.08 bits per heavy atom. The molecule has 0 aliphatic rings. The third-order valence-corrected chi connectivity index (χ3v) is 1.53. The summed E-state index contributed by atoms with van der Waals surface area (Å²) < 4.78 is 0. The third-order valence-electron chi connectivity index (χ3n) is 0.887. The van der Waals surface area contributed by atoms with Gasteiger partial charge in [-0.25, -0.2) is 0 Å². The minimum atomic E-state index is 0.0820. The van der Waals surface area contributed by atoms with Crippen molar-refractivity contribution in [1.29, 1.82) is 0 Å². The van der Waals surface area contributed by atoms with Crippen LogP contribution in [0, 0.1) is 0 Å². The number of hydrogen-bond acceptors (Lipinski definition) is 4. The van der Waals surface area contributed by atoms with E-state index in [9.17, 15) is 9.59 Å². The fourth-order valence-electron chi connectivity index (χ4n) is 0.374. The summed E-state index contributed by atoms with van der Waals surface area (Å²) in [4.78, 5) is 35.8. The van der Waals surface area contributed by atoms with Crippen LogP contribution in [0.25, 0.3) is 0 Å². The summed E-state index contributed by atoms with van der Waals surface area (Å²) in [5, 5.41) is 0.439. The van der Waals surface area contributed by atoms with Crippen molar-refractivity contribution < 1.29 is 37.5 Å². The number of Topliss-reactive ketones (excluding diaryl/α,β-unsaturated/α-hetero) is 2. The van der Waals surface area contributed by atoms with Crippen LogP contribution >= 0.6 is 0 Å². The molecule has 0 aromatic heterocycles. The molecular weight excluding hydrogens is 263 g/mol. The smallest absolute Gasteiger partial charge is 0.281 e. The van der Waals surface area contributed by atoms with Crippen molar-refractivity contribution in [3.63, 3.8) is 0 Å². The minimum Gasteiger partial charge on any atom is -0.281 e. The first-order valence-corrected chi connectivity index (χ1v) is 4.27. The molecule has 0 fully saturated rings. The molecule has 0 N–H and O–H groups in total. The van der Waals surface area contributed by atoms with Gasteiger partial charge < -0.3 is 0 Å². The normalized spacial score (nSPS) is 7.00. The van der Waals surface area contributed by atoms with Crippen molar-refractivity contribution in [3.05, 3.63) is 0 Å². The first-order chi connectivity index (χ1) is 6.16. The molecular formula is C8H9O4Rh. The first-order valence-electron chi connectivity index (χ1n) is 3.11. The van der Waals surface area contributed by atoms with Crippen LogP contribution in [0.15, 0.2) is 0 Å². The van der Waals surface area contributed by atoms with Gasteiger partial charge in [0, 0.05) is 0 Å². The second-order valence-electron chi connectivity index (χ2n) is 1.86. The van der Waals surface area contributed by atoms with Crippen LogP contribution in [0.4, 0.5) is 0 Å². The molecule has 4 radical (unpaired) electrons. The van der Waals surface area contributed by atoms with Crippen molar-refractivity contribution in [3.8, 4) is 0 Å². The van der Waals surface area contributed by atoms with Gasteiger partial charge in [-0.3, -0.25) is 9.59 Å². The number of rotatable bonds is 4. The molecule has 0 aromatic carbocycles. The predicted octanol–water partition coefficient (Wildman–Crippen LogP) is 0.0956. The minimum absolute atomic E-state index is 0.0820. The maximum atomic E-state index is 10.5. The number of hydrogen-bond donors (Lipinski definition) is 0. The largest absolute Gasteiger partial charge is 0.281 e. The quantitative estimate of drug-likeness (QED) is 0.680. The van der Waals surface area contributed by atoms with Gasteiger partial charge in [0.15, 0.2) is 0 Å². The van der Waals surface area contributed by atoms with Crippen LogP contribution in [0.5, 0.6) is 0 Å². The van der Waals surface area contributed by atoms with Crippen LogP contribution < -0.4 is 0 Å². The Labute approximate surface area is 87.8 Å². The third kappa shape index (κ3) is 24.6. The Hall–Kier alpha value is -0.697. The molecule has 0 amide bonds. The van der Waals surface area contributed by atoms with E-state index >= 15 is 0 Å². The second-order valence-corrected chi connectivity index (χ2v) is 2.44. The van der Waals surface area contributed by atoms with E-state index in [-0.39, 0.29) is 11.6 Å². The van der Waals surface area contributed by atoms with Gasteiger partial charge in [0.1, 0.15) is 0 Å². The van der Waals surface area contributed by atoms with E-state index in [1.54, 1.807) is 0 Å². The standard InChI is InChI=1S/C6H9O2.2CO.Rh/c1-5(7)3-4-6(2)8;2*1-2;/h1,3-4H2,2H3;;;. The van der Waals surface area contributed by atoms with Crippen LogP contribution in [0.3, 0.4) is 0 Å². The molecule has 0 unspecified atom stereocenters. The van der Waals surface area contributed by atoms with Crippen molar-refractivity contribution in [2.75, 3.05) is 0 Å². The maximum Gasteiger partial charge on any atom is 0.281 e. The topological polar surface area (TPSA) is 68.3 Å². The number of carbonyl (C=O) groups excluding carboxylic acids is 4. The average Bonchev–Trinajstić information content (AvgIpc) is 2.20. The molecule has 0 spiro atoms. The molecule has 5 heteroatoms. The molecule has 0 aliphatic carbocycles. The fourth-order valence-corrected chi connectivity index (χ4v) is 0.664. The van der Waals surface area contributed by atoms with E-state index in [1.807, 2.05) is 0 Å². The van der Waals surface area contributed by atoms with Gasteiger partial charge >= 0.3 is 64.2 Å². The molecule has 4 nitrogen and oxygen atoms in total. The van der Waals surface area contributed by atoms with E-state index in [4.69, 9.17) is 9.59 Å². The first kappa shape index (κ1) is 18.2. The number of carbonyl (C=O) groups is 2. The molecule has 0 rings (SSSR count). The van der Waals surface area contributed by atoms with E-state index < -0.39 is 0 Å². The van der Waals surface area contributed by atoms with Gasteiger partial charge in [0.25, 0.3) is 13.6 Å². The molecule has 0 atom stereocenters. The Morgan fingerprint density at radius 3 is 1.69 bits per heavy atom. The van der Waals surface area contributed by atoms with Crippen LogP contribution in [0.2, 0.25) is 5.02 Å². The summed E-state index contributed by atoms with van der Waals surface area (Å²) in [6, 6.07) is 0. The Morgan fingerprint density at radius 2 is 1.46 bits per heavy atom. The van der Waals surface area contributed by atoms with Crippen LogP contribution in [-0.2, 0) is 37.5 Å². The van der Waals surface area contributed by atoms with Crippen molar-refractivity contribution in [2.45, 2.75) is 24.8 Å². The molecule has 0 aliphatic heterocycles. The van der Waals surface area contributed by atoms with E-state index in [0.717, 1.165) is 0 Å². The second kappa shape index (κ2) is 17.4.